The van der Waals surface area contributed by atoms with Crippen LogP contribution in [-0.2, 0) is 10.4 Å². The molecule has 0 aliphatic rings. The first-order valence-corrected chi connectivity index (χ1v) is 6.14. The summed E-state index contributed by atoms with van der Waals surface area (Å²) < 4.78 is 0. The molecule has 88 valence electrons. The monoisotopic (exact) mass is 247 g/mol. The number of hydrogen-bond donors (Lipinski definition) is 1. The molecule has 0 bridgehead atoms. The highest BCUT2D eigenvalue weighted by Gasteiger charge is 2.32. The summed E-state index contributed by atoms with van der Waals surface area (Å²) in [5.41, 5.74) is 0.277. The highest BCUT2D eigenvalue weighted by atomic mass is 32.1. The zero-order chi connectivity index (χ0) is 12.5. The van der Waals surface area contributed by atoms with Gasteiger partial charge in [0.05, 0.1) is 5.69 Å². The Morgan fingerprint density at radius 3 is 2.59 bits per heavy atom. The van der Waals surface area contributed by atoms with Gasteiger partial charge in [-0.15, -0.1) is 11.3 Å². The first-order valence-electron chi connectivity index (χ1n) is 5.26. The van der Waals surface area contributed by atoms with Gasteiger partial charge in [0.2, 0.25) is 0 Å². The topological polar surface area (TPSA) is 50.2 Å². The number of thiazole rings is 1. The zero-order valence-electron chi connectivity index (χ0n) is 9.68. The fourth-order valence-electron chi connectivity index (χ4n) is 1.39. The maximum absolute atomic E-state index is 11.3. The SMILES string of the molecule is CC(=O)C(C)(O)c1nc(-c2ccccc2)cs1. The maximum atomic E-state index is 11.3. The van der Waals surface area contributed by atoms with E-state index in [9.17, 15) is 9.90 Å². The molecule has 1 atom stereocenters. The molecule has 1 N–H and O–H groups in total. The summed E-state index contributed by atoms with van der Waals surface area (Å²) in [6.07, 6.45) is 0. The highest BCUT2D eigenvalue weighted by Crippen LogP contribution is 2.29. The molecule has 0 saturated carbocycles. The zero-order valence-corrected chi connectivity index (χ0v) is 10.5. The standard InChI is InChI=1S/C13H13NO2S/c1-9(15)13(2,16)12-14-11(8-17-12)10-6-4-3-5-7-10/h3-8,16H,1-2H3. The van der Waals surface area contributed by atoms with Crippen molar-refractivity contribution in [2.24, 2.45) is 0 Å². The van der Waals surface area contributed by atoms with Crippen LogP contribution in [0.5, 0.6) is 0 Å². The van der Waals surface area contributed by atoms with Crippen molar-refractivity contribution in [3.8, 4) is 11.3 Å². The predicted octanol–water partition coefficient (Wildman–Crippen LogP) is 2.61. The number of aromatic nitrogens is 1. The molecule has 0 spiro atoms. The lowest BCUT2D eigenvalue weighted by atomic mass is 10.0. The van der Waals surface area contributed by atoms with E-state index in [1.807, 2.05) is 35.7 Å². The van der Waals surface area contributed by atoms with Gasteiger partial charge in [0.1, 0.15) is 5.01 Å². The normalized spacial score (nSPS) is 14.3. The third-order valence-corrected chi connectivity index (χ3v) is 3.73. The number of carbonyl (C=O) groups excluding carboxylic acids is 1. The second kappa shape index (κ2) is 4.39. The van der Waals surface area contributed by atoms with Crippen molar-refractivity contribution >= 4 is 17.1 Å². The summed E-state index contributed by atoms with van der Waals surface area (Å²) in [4.78, 5) is 15.6. The minimum absolute atomic E-state index is 0.300. The van der Waals surface area contributed by atoms with Gasteiger partial charge in [-0.3, -0.25) is 4.79 Å². The molecule has 1 heterocycles. The lowest BCUT2D eigenvalue weighted by molar-refractivity contribution is -0.134. The van der Waals surface area contributed by atoms with Crippen molar-refractivity contribution in [2.75, 3.05) is 0 Å². The number of carbonyl (C=O) groups is 1. The molecular formula is C13H13NO2S. The second-order valence-corrected chi connectivity index (χ2v) is 4.89. The molecule has 0 fully saturated rings. The number of rotatable bonds is 3. The Bertz CT molecular complexity index is 531. The van der Waals surface area contributed by atoms with Gasteiger partial charge < -0.3 is 5.11 Å². The molecule has 3 nitrogen and oxygen atoms in total. The number of hydrogen-bond acceptors (Lipinski definition) is 4. The molecule has 2 rings (SSSR count). The summed E-state index contributed by atoms with van der Waals surface area (Å²) in [7, 11) is 0. The first-order chi connectivity index (χ1) is 8.01. The molecule has 17 heavy (non-hydrogen) atoms. The van der Waals surface area contributed by atoms with Gasteiger partial charge in [-0.2, -0.15) is 0 Å². The molecule has 0 saturated heterocycles. The lowest BCUT2D eigenvalue weighted by Crippen LogP contribution is -2.29. The van der Waals surface area contributed by atoms with E-state index in [0.29, 0.717) is 5.01 Å². The Morgan fingerprint density at radius 1 is 1.35 bits per heavy atom. The molecule has 1 unspecified atom stereocenters. The van der Waals surface area contributed by atoms with Crippen LogP contribution in [0, 0.1) is 0 Å². The van der Waals surface area contributed by atoms with Crippen LogP contribution in [0.25, 0.3) is 11.3 Å². The Labute approximate surface area is 104 Å². The van der Waals surface area contributed by atoms with E-state index >= 15 is 0 Å². The lowest BCUT2D eigenvalue weighted by Gasteiger charge is -2.15. The fourth-order valence-corrected chi connectivity index (χ4v) is 2.33. The largest absolute Gasteiger partial charge is 0.375 e. The number of nitrogens with zero attached hydrogens (tertiary/aromatic N) is 1. The first kappa shape index (κ1) is 12.0. The summed E-state index contributed by atoms with van der Waals surface area (Å²) in [6.45, 7) is 2.84. The van der Waals surface area contributed by atoms with E-state index in [4.69, 9.17) is 0 Å². The molecule has 1 aromatic heterocycles. The minimum Gasteiger partial charge on any atom is -0.375 e. The number of Topliss-reactive ketones (excluding diaryl/α,β-unsaturated/α-hetero) is 1. The second-order valence-electron chi connectivity index (χ2n) is 4.03. The molecular weight excluding hydrogens is 234 g/mol. The van der Waals surface area contributed by atoms with Gasteiger partial charge in [0, 0.05) is 10.9 Å². The molecule has 2 aromatic rings. The van der Waals surface area contributed by atoms with Crippen LogP contribution in [0.3, 0.4) is 0 Å². The van der Waals surface area contributed by atoms with Crippen LogP contribution in [0.2, 0.25) is 0 Å². The van der Waals surface area contributed by atoms with E-state index in [0.717, 1.165) is 11.3 Å². The van der Waals surface area contributed by atoms with Crippen LogP contribution in [0.15, 0.2) is 35.7 Å². The summed E-state index contributed by atoms with van der Waals surface area (Å²) in [6, 6.07) is 9.68. The van der Waals surface area contributed by atoms with E-state index in [1.165, 1.54) is 25.2 Å². The van der Waals surface area contributed by atoms with Crippen molar-refractivity contribution < 1.29 is 9.90 Å². The Hall–Kier alpha value is -1.52. The van der Waals surface area contributed by atoms with Crippen LogP contribution in [0.4, 0.5) is 0 Å². The predicted molar refractivity (Wildman–Crippen MR) is 67.8 cm³/mol. The van der Waals surface area contributed by atoms with E-state index in [2.05, 4.69) is 4.98 Å². The number of aliphatic hydroxyl groups is 1. The third-order valence-electron chi connectivity index (χ3n) is 2.68. The molecule has 0 aliphatic carbocycles. The van der Waals surface area contributed by atoms with Gasteiger partial charge in [-0.25, -0.2) is 4.98 Å². The molecule has 4 heteroatoms. The third kappa shape index (κ3) is 2.28. The minimum atomic E-state index is -1.49. The van der Waals surface area contributed by atoms with Gasteiger partial charge in [0.15, 0.2) is 11.4 Å². The van der Waals surface area contributed by atoms with Crippen molar-refractivity contribution in [1.29, 1.82) is 0 Å². The highest BCUT2D eigenvalue weighted by molar-refractivity contribution is 7.10. The van der Waals surface area contributed by atoms with Crippen molar-refractivity contribution in [1.82, 2.24) is 4.98 Å². The Balaban J connectivity index is 2.38. The maximum Gasteiger partial charge on any atom is 0.171 e. The summed E-state index contributed by atoms with van der Waals surface area (Å²) in [5.74, 6) is -0.300. The van der Waals surface area contributed by atoms with Crippen LogP contribution in [0.1, 0.15) is 18.9 Å². The number of benzene rings is 1. The van der Waals surface area contributed by atoms with Gasteiger partial charge in [-0.05, 0) is 13.8 Å². The average Bonchev–Trinajstić information content (AvgIpc) is 2.80. The quantitative estimate of drug-likeness (QED) is 0.907. The van der Waals surface area contributed by atoms with Crippen LogP contribution in [-0.4, -0.2) is 15.9 Å². The van der Waals surface area contributed by atoms with Crippen LogP contribution < -0.4 is 0 Å². The molecule has 0 radical (unpaired) electrons. The molecule has 0 aliphatic heterocycles. The number of ketones is 1. The van der Waals surface area contributed by atoms with Crippen molar-refractivity contribution in [3.05, 3.63) is 40.7 Å². The average molecular weight is 247 g/mol. The van der Waals surface area contributed by atoms with E-state index in [1.54, 1.807) is 0 Å². The Morgan fingerprint density at radius 2 is 2.00 bits per heavy atom. The van der Waals surface area contributed by atoms with E-state index < -0.39 is 5.60 Å². The van der Waals surface area contributed by atoms with Crippen molar-refractivity contribution in [3.63, 3.8) is 0 Å². The van der Waals surface area contributed by atoms with Crippen LogP contribution >= 0.6 is 11.3 Å². The summed E-state index contributed by atoms with van der Waals surface area (Å²) in [5, 5.41) is 12.3. The summed E-state index contributed by atoms with van der Waals surface area (Å²) >= 11 is 1.30. The Kier molecular flexibility index (Phi) is 3.09. The van der Waals surface area contributed by atoms with Gasteiger partial charge in [0.25, 0.3) is 0 Å². The molecule has 1 aromatic carbocycles. The van der Waals surface area contributed by atoms with Crippen molar-refractivity contribution in [2.45, 2.75) is 19.4 Å². The molecule has 0 amide bonds. The van der Waals surface area contributed by atoms with Gasteiger partial charge >= 0.3 is 0 Å². The van der Waals surface area contributed by atoms with Gasteiger partial charge in [-0.1, -0.05) is 30.3 Å². The van der Waals surface area contributed by atoms with E-state index in [-0.39, 0.29) is 5.78 Å². The fraction of sp³-hybridized carbons (Fsp3) is 0.231. The smallest absolute Gasteiger partial charge is 0.171 e.